The molecule has 1 aromatic carbocycles. The molecule has 0 aliphatic heterocycles. The molecule has 0 aromatic heterocycles. The molecule has 110 valence electrons. The topological polar surface area (TPSA) is 49.3 Å². The van der Waals surface area contributed by atoms with Gasteiger partial charge in [-0.05, 0) is 25.3 Å². The van der Waals surface area contributed by atoms with Crippen LogP contribution in [0.15, 0.2) is 30.3 Å². The van der Waals surface area contributed by atoms with Crippen LogP contribution in [0.1, 0.15) is 50.7 Å². The molecule has 1 aromatic rings. The van der Waals surface area contributed by atoms with Gasteiger partial charge in [0.05, 0.1) is 12.6 Å². The normalized spacial score (nSPS) is 19.5. The third-order valence-electron chi connectivity index (χ3n) is 4.27. The Bertz CT molecular complexity index is 412. The number of Topliss-reactive ketones (excluding diaryl/α,β-unsaturated/α-hetero) is 1. The Balaban J connectivity index is 1.79. The molecule has 2 rings (SSSR count). The second-order valence-corrected chi connectivity index (χ2v) is 5.83. The molecule has 0 radical (unpaired) electrons. The van der Waals surface area contributed by atoms with E-state index in [1.165, 1.54) is 19.3 Å². The second-order valence-electron chi connectivity index (χ2n) is 5.83. The molecule has 20 heavy (non-hydrogen) atoms. The lowest BCUT2D eigenvalue weighted by Gasteiger charge is -2.23. The molecule has 0 spiro atoms. The number of aliphatic hydroxyl groups excluding tert-OH is 1. The molecule has 1 aliphatic rings. The summed E-state index contributed by atoms with van der Waals surface area (Å²) in [7, 11) is 0. The van der Waals surface area contributed by atoms with Crippen molar-refractivity contribution in [3.05, 3.63) is 35.9 Å². The van der Waals surface area contributed by atoms with Crippen LogP contribution in [-0.4, -0.2) is 23.5 Å². The maximum Gasteiger partial charge on any atom is 0.149 e. The van der Waals surface area contributed by atoms with Gasteiger partial charge in [0, 0.05) is 12.0 Å². The Labute approximate surface area is 121 Å². The van der Waals surface area contributed by atoms with Gasteiger partial charge in [-0.3, -0.25) is 4.79 Å². The van der Waals surface area contributed by atoms with Crippen molar-refractivity contribution in [3.63, 3.8) is 0 Å². The molecular formula is C17H25NO2. The molecular weight excluding hydrogens is 250 g/mol. The average Bonchev–Trinajstić information content (AvgIpc) is 2.53. The molecule has 3 nitrogen and oxygen atoms in total. The summed E-state index contributed by atoms with van der Waals surface area (Å²) in [5.41, 5.74) is 0.887. The fourth-order valence-corrected chi connectivity index (χ4v) is 2.88. The first-order chi connectivity index (χ1) is 9.68. The summed E-state index contributed by atoms with van der Waals surface area (Å²) >= 11 is 0. The molecule has 0 bridgehead atoms. The minimum Gasteiger partial charge on any atom is -0.387 e. The van der Waals surface area contributed by atoms with Crippen LogP contribution in [0.2, 0.25) is 0 Å². The standard InChI is InChI=1S/C17H25NO2/c1-13(17(20)15-10-6-3-7-11-15)18-12-16(19)14-8-4-2-5-9-14/h3,6-7,10-11,13-14,17-18,20H,2,4-5,8-9,12H2,1H3. The minimum atomic E-state index is -0.574. The van der Waals surface area contributed by atoms with Crippen molar-refractivity contribution < 1.29 is 9.90 Å². The minimum absolute atomic E-state index is 0.120. The van der Waals surface area contributed by atoms with Crippen molar-refractivity contribution in [2.45, 2.75) is 51.2 Å². The Morgan fingerprint density at radius 1 is 1.25 bits per heavy atom. The zero-order valence-corrected chi connectivity index (χ0v) is 12.2. The van der Waals surface area contributed by atoms with Crippen LogP contribution >= 0.6 is 0 Å². The molecule has 3 heteroatoms. The molecule has 0 amide bonds. The monoisotopic (exact) mass is 275 g/mol. The Hall–Kier alpha value is -1.19. The maximum absolute atomic E-state index is 12.1. The Morgan fingerprint density at radius 3 is 2.55 bits per heavy atom. The number of ketones is 1. The molecule has 2 atom stereocenters. The van der Waals surface area contributed by atoms with Gasteiger partial charge in [0.25, 0.3) is 0 Å². The van der Waals surface area contributed by atoms with Crippen LogP contribution in [-0.2, 0) is 4.79 Å². The average molecular weight is 275 g/mol. The van der Waals surface area contributed by atoms with Gasteiger partial charge in [-0.25, -0.2) is 0 Å². The van der Waals surface area contributed by atoms with Crippen LogP contribution in [0.5, 0.6) is 0 Å². The number of aliphatic hydroxyl groups is 1. The van der Waals surface area contributed by atoms with Crippen molar-refractivity contribution in [3.8, 4) is 0 Å². The second kappa shape index (κ2) is 7.55. The maximum atomic E-state index is 12.1. The van der Waals surface area contributed by atoms with Crippen LogP contribution in [0.25, 0.3) is 0 Å². The summed E-state index contributed by atoms with van der Waals surface area (Å²) in [5, 5.41) is 13.4. The summed E-state index contributed by atoms with van der Waals surface area (Å²) in [6.45, 7) is 2.29. The van der Waals surface area contributed by atoms with Crippen LogP contribution in [0.4, 0.5) is 0 Å². The molecule has 2 unspecified atom stereocenters. The molecule has 0 saturated heterocycles. The van der Waals surface area contributed by atoms with E-state index in [-0.39, 0.29) is 12.0 Å². The fourth-order valence-electron chi connectivity index (χ4n) is 2.88. The number of carbonyl (C=O) groups excluding carboxylic acids is 1. The first kappa shape index (κ1) is 15.2. The SMILES string of the molecule is CC(NCC(=O)C1CCCCC1)C(O)c1ccccc1. The Morgan fingerprint density at radius 2 is 1.90 bits per heavy atom. The highest BCUT2D eigenvalue weighted by molar-refractivity contribution is 5.83. The molecule has 1 fully saturated rings. The van der Waals surface area contributed by atoms with Gasteiger partial charge in [-0.15, -0.1) is 0 Å². The van der Waals surface area contributed by atoms with Crippen LogP contribution in [0, 0.1) is 5.92 Å². The zero-order chi connectivity index (χ0) is 14.4. The summed E-state index contributed by atoms with van der Waals surface area (Å²) in [4.78, 5) is 12.1. The number of rotatable bonds is 6. The highest BCUT2D eigenvalue weighted by atomic mass is 16.3. The van der Waals surface area contributed by atoms with Gasteiger partial charge >= 0.3 is 0 Å². The van der Waals surface area contributed by atoms with Gasteiger partial charge in [-0.1, -0.05) is 49.6 Å². The smallest absolute Gasteiger partial charge is 0.149 e. The van der Waals surface area contributed by atoms with Crippen molar-refractivity contribution in [2.24, 2.45) is 5.92 Å². The van der Waals surface area contributed by atoms with E-state index in [1.807, 2.05) is 37.3 Å². The van der Waals surface area contributed by atoms with Crippen molar-refractivity contribution in [1.82, 2.24) is 5.32 Å². The highest BCUT2D eigenvalue weighted by Gasteiger charge is 2.22. The fraction of sp³-hybridized carbons (Fsp3) is 0.588. The van der Waals surface area contributed by atoms with E-state index in [0.29, 0.717) is 12.3 Å². The molecule has 1 saturated carbocycles. The number of carbonyl (C=O) groups is 1. The summed E-state index contributed by atoms with van der Waals surface area (Å²) in [5.74, 6) is 0.536. The van der Waals surface area contributed by atoms with Gasteiger partial charge in [0.2, 0.25) is 0 Å². The zero-order valence-electron chi connectivity index (χ0n) is 12.2. The van der Waals surface area contributed by atoms with Gasteiger partial charge in [-0.2, -0.15) is 0 Å². The lowest BCUT2D eigenvalue weighted by Crippen LogP contribution is -2.38. The van der Waals surface area contributed by atoms with E-state index >= 15 is 0 Å². The van der Waals surface area contributed by atoms with Gasteiger partial charge in [0.1, 0.15) is 5.78 Å². The van der Waals surface area contributed by atoms with Gasteiger partial charge in [0.15, 0.2) is 0 Å². The number of hydrogen-bond donors (Lipinski definition) is 2. The Kier molecular flexibility index (Phi) is 5.74. The third kappa shape index (κ3) is 4.15. The summed E-state index contributed by atoms with van der Waals surface area (Å²) in [6.07, 6.45) is 5.12. The van der Waals surface area contributed by atoms with E-state index in [4.69, 9.17) is 0 Å². The largest absolute Gasteiger partial charge is 0.387 e. The third-order valence-corrected chi connectivity index (χ3v) is 4.27. The van der Waals surface area contributed by atoms with E-state index < -0.39 is 6.10 Å². The molecule has 1 aliphatic carbocycles. The van der Waals surface area contributed by atoms with Crippen molar-refractivity contribution in [2.75, 3.05) is 6.54 Å². The van der Waals surface area contributed by atoms with Crippen LogP contribution in [0.3, 0.4) is 0 Å². The van der Waals surface area contributed by atoms with Crippen molar-refractivity contribution >= 4 is 5.78 Å². The number of benzene rings is 1. The first-order valence-electron chi connectivity index (χ1n) is 7.67. The number of hydrogen-bond acceptors (Lipinski definition) is 3. The van der Waals surface area contributed by atoms with Crippen LogP contribution < -0.4 is 5.32 Å². The quantitative estimate of drug-likeness (QED) is 0.839. The van der Waals surface area contributed by atoms with E-state index in [2.05, 4.69) is 5.32 Å². The van der Waals surface area contributed by atoms with E-state index in [1.54, 1.807) is 0 Å². The predicted molar refractivity (Wildman–Crippen MR) is 80.4 cm³/mol. The summed E-state index contributed by atoms with van der Waals surface area (Å²) in [6, 6.07) is 9.46. The summed E-state index contributed by atoms with van der Waals surface area (Å²) < 4.78 is 0. The van der Waals surface area contributed by atoms with Gasteiger partial charge < -0.3 is 10.4 Å². The predicted octanol–water partition coefficient (Wildman–Crippen LogP) is 2.85. The lowest BCUT2D eigenvalue weighted by atomic mass is 9.86. The highest BCUT2D eigenvalue weighted by Crippen LogP contribution is 2.24. The van der Waals surface area contributed by atoms with Crippen molar-refractivity contribution in [1.29, 1.82) is 0 Å². The van der Waals surface area contributed by atoms with E-state index in [9.17, 15) is 9.90 Å². The molecule has 0 heterocycles. The first-order valence-corrected chi connectivity index (χ1v) is 7.67. The molecule has 2 N–H and O–H groups in total. The van der Waals surface area contributed by atoms with E-state index in [0.717, 1.165) is 18.4 Å². The number of nitrogens with one attached hydrogen (secondary N) is 1. The lowest BCUT2D eigenvalue weighted by molar-refractivity contribution is -0.123.